The first-order chi connectivity index (χ1) is 11.4. The van der Waals surface area contributed by atoms with Gasteiger partial charge in [0.25, 0.3) is 0 Å². The molecule has 0 unspecified atom stereocenters. The van der Waals surface area contributed by atoms with Crippen molar-refractivity contribution in [2.24, 2.45) is 0 Å². The molecule has 0 aliphatic carbocycles. The molecule has 0 saturated carbocycles. The molecule has 126 valence electrons. The van der Waals surface area contributed by atoms with E-state index in [0.717, 1.165) is 15.6 Å². The van der Waals surface area contributed by atoms with Gasteiger partial charge in [-0.3, -0.25) is 0 Å². The molecule has 24 heavy (non-hydrogen) atoms. The van der Waals surface area contributed by atoms with Crippen LogP contribution in [0.3, 0.4) is 0 Å². The number of halogens is 2. The molecule has 3 nitrogen and oxygen atoms in total. The second-order valence-corrected chi connectivity index (χ2v) is 7.19. The van der Waals surface area contributed by atoms with Crippen LogP contribution < -0.4 is 0 Å². The van der Waals surface area contributed by atoms with Gasteiger partial charge in [-0.1, -0.05) is 40.2 Å². The lowest BCUT2D eigenvalue weighted by atomic mass is 9.90. The Balaban J connectivity index is 1.76. The van der Waals surface area contributed by atoms with Crippen LogP contribution in [0.25, 0.3) is 0 Å². The number of rotatable bonds is 3. The highest BCUT2D eigenvalue weighted by molar-refractivity contribution is 9.10. The van der Waals surface area contributed by atoms with Crippen LogP contribution in [-0.4, -0.2) is 17.5 Å². The quantitative estimate of drug-likeness (QED) is 0.699. The molecular weight excluding hydrogens is 373 g/mol. The molecule has 0 bridgehead atoms. The van der Waals surface area contributed by atoms with E-state index in [1.165, 1.54) is 12.1 Å². The molecule has 1 aliphatic heterocycles. The number of benzene rings is 2. The number of hydrogen-bond acceptors (Lipinski definition) is 2. The summed E-state index contributed by atoms with van der Waals surface area (Å²) in [6, 6.07) is 14.0. The largest absolute Gasteiger partial charge is 0.438 e. The normalized spacial score (nSPS) is 22.2. The molecule has 0 aromatic heterocycles. The number of carbonyl (C=O) groups is 1. The van der Waals surface area contributed by atoms with E-state index in [1.54, 1.807) is 17.0 Å². The number of carbonyl (C=O) groups excluding carboxylic acids is 1. The van der Waals surface area contributed by atoms with Gasteiger partial charge >= 0.3 is 6.09 Å². The Labute approximate surface area is 149 Å². The summed E-state index contributed by atoms with van der Waals surface area (Å²) in [5.41, 5.74) is 1.15. The van der Waals surface area contributed by atoms with E-state index in [1.807, 2.05) is 38.1 Å². The molecule has 1 fully saturated rings. The van der Waals surface area contributed by atoms with Crippen molar-refractivity contribution in [3.8, 4) is 0 Å². The summed E-state index contributed by atoms with van der Waals surface area (Å²) in [6.07, 6.45) is 0.314. The number of ether oxygens (including phenoxy) is 1. The van der Waals surface area contributed by atoms with E-state index < -0.39 is 5.60 Å². The Kier molecular flexibility index (Phi) is 4.63. The zero-order chi connectivity index (χ0) is 17.3. The first kappa shape index (κ1) is 17.0. The Morgan fingerprint density at radius 1 is 1.17 bits per heavy atom. The second-order valence-electron chi connectivity index (χ2n) is 6.28. The Morgan fingerprint density at radius 2 is 1.79 bits per heavy atom. The highest BCUT2D eigenvalue weighted by Crippen LogP contribution is 2.36. The zero-order valence-electron chi connectivity index (χ0n) is 13.6. The molecule has 1 heterocycles. The van der Waals surface area contributed by atoms with Crippen molar-refractivity contribution in [1.82, 2.24) is 4.90 Å². The topological polar surface area (TPSA) is 29.5 Å². The van der Waals surface area contributed by atoms with Crippen LogP contribution in [0.1, 0.15) is 37.4 Å². The summed E-state index contributed by atoms with van der Waals surface area (Å²) >= 11 is 3.42. The lowest BCUT2D eigenvalue weighted by Crippen LogP contribution is -2.47. The molecule has 0 spiro atoms. The summed E-state index contributed by atoms with van der Waals surface area (Å²) in [6.45, 7) is 4.45. The van der Waals surface area contributed by atoms with Crippen LogP contribution in [0.15, 0.2) is 53.0 Å². The molecule has 2 atom stereocenters. The monoisotopic (exact) mass is 391 g/mol. The molecule has 1 amide bonds. The van der Waals surface area contributed by atoms with Gasteiger partial charge in [0.1, 0.15) is 11.4 Å². The molecule has 1 saturated heterocycles. The van der Waals surface area contributed by atoms with Gasteiger partial charge in [-0.25, -0.2) is 9.18 Å². The average Bonchev–Trinajstić information content (AvgIpc) is 2.55. The maximum absolute atomic E-state index is 13.1. The molecular formula is C19H19BrFNO2. The number of nitrogens with zero attached hydrogens (tertiary/aromatic N) is 1. The lowest BCUT2D eigenvalue weighted by molar-refractivity contribution is -0.0491. The van der Waals surface area contributed by atoms with Gasteiger partial charge in [-0.15, -0.1) is 0 Å². The first-order valence-electron chi connectivity index (χ1n) is 7.90. The predicted octanol–water partition coefficient (Wildman–Crippen LogP) is 5.41. The Morgan fingerprint density at radius 3 is 2.38 bits per heavy atom. The van der Waals surface area contributed by atoms with E-state index in [2.05, 4.69) is 15.9 Å². The third kappa shape index (κ3) is 3.31. The third-order valence-corrected chi connectivity index (χ3v) is 5.18. The number of hydrogen-bond donors (Lipinski definition) is 0. The summed E-state index contributed by atoms with van der Waals surface area (Å²) in [4.78, 5) is 14.3. The van der Waals surface area contributed by atoms with Gasteiger partial charge in [-0.2, -0.15) is 0 Å². The van der Waals surface area contributed by atoms with Crippen LogP contribution in [0.5, 0.6) is 0 Å². The molecule has 0 radical (unpaired) electrons. The maximum atomic E-state index is 13.1. The summed E-state index contributed by atoms with van der Waals surface area (Å²) < 4.78 is 19.9. The standard InChI is InChI=1S/C19H19BrFNO2/c1-13(14-3-7-16(20)8-4-14)22-12-11-19(2,24-18(22)23)15-5-9-17(21)10-6-15/h3-10,13H,11-12H2,1-2H3/t13-,19+/m0/s1. The minimum Gasteiger partial charge on any atom is -0.438 e. The summed E-state index contributed by atoms with van der Waals surface area (Å²) in [7, 11) is 0. The van der Waals surface area contributed by atoms with Crippen LogP contribution >= 0.6 is 15.9 Å². The fraction of sp³-hybridized carbons (Fsp3) is 0.316. The van der Waals surface area contributed by atoms with Gasteiger partial charge in [0.05, 0.1) is 6.04 Å². The highest BCUT2D eigenvalue weighted by atomic mass is 79.9. The Hall–Kier alpha value is -1.88. The number of amides is 1. The van der Waals surface area contributed by atoms with E-state index in [0.29, 0.717) is 13.0 Å². The molecule has 2 aromatic rings. The van der Waals surface area contributed by atoms with E-state index >= 15 is 0 Å². The third-order valence-electron chi connectivity index (χ3n) is 4.65. The van der Waals surface area contributed by atoms with Gasteiger partial charge in [-0.05, 0) is 49.2 Å². The zero-order valence-corrected chi connectivity index (χ0v) is 15.2. The van der Waals surface area contributed by atoms with Gasteiger partial charge in [0.15, 0.2) is 0 Å². The van der Waals surface area contributed by atoms with E-state index in [-0.39, 0.29) is 18.0 Å². The van der Waals surface area contributed by atoms with Crippen molar-refractivity contribution in [3.63, 3.8) is 0 Å². The highest BCUT2D eigenvalue weighted by Gasteiger charge is 2.39. The van der Waals surface area contributed by atoms with Crippen molar-refractivity contribution in [2.75, 3.05) is 6.54 Å². The van der Waals surface area contributed by atoms with Crippen molar-refractivity contribution in [3.05, 3.63) is 69.9 Å². The lowest BCUT2D eigenvalue weighted by Gasteiger charge is -2.41. The van der Waals surface area contributed by atoms with Gasteiger partial charge in [0, 0.05) is 17.4 Å². The van der Waals surface area contributed by atoms with Crippen LogP contribution in [0.2, 0.25) is 0 Å². The molecule has 3 rings (SSSR count). The fourth-order valence-electron chi connectivity index (χ4n) is 3.01. The van der Waals surface area contributed by atoms with E-state index in [4.69, 9.17) is 4.74 Å². The van der Waals surface area contributed by atoms with Crippen molar-refractivity contribution in [2.45, 2.75) is 31.9 Å². The van der Waals surface area contributed by atoms with Gasteiger partial charge < -0.3 is 9.64 Å². The number of cyclic esters (lactones) is 1. The van der Waals surface area contributed by atoms with Gasteiger partial charge in [0.2, 0.25) is 0 Å². The van der Waals surface area contributed by atoms with Crippen LogP contribution in [-0.2, 0) is 10.3 Å². The molecule has 2 aromatic carbocycles. The summed E-state index contributed by atoms with van der Waals surface area (Å²) in [5.74, 6) is -0.296. The van der Waals surface area contributed by atoms with Crippen molar-refractivity contribution < 1.29 is 13.9 Å². The smallest absolute Gasteiger partial charge is 0.411 e. The maximum Gasteiger partial charge on any atom is 0.411 e. The second kappa shape index (κ2) is 6.55. The minimum absolute atomic E-state index is 0.0663. The van der Waals surface area contributed by atoms with Crippen LogP contribution in [0, 0.1) is 5.82 Å². The molecule has 1 aliphatic rings. The average molecular weight is 392 g/mol. The Bertz CT molecular complexity index is 732. The van der Waals surface area contributed by atoms with Crippen molar-refractivity contribution in [1.29, 1.82) is 0 Å². The fourth-order valence-corrected chi connectivity index (χ4v) is 3.27. The van der Waals surface area contributed by atoms with E-state index in [9.17, 15) is 9.18 Å². The first-order valence-corrected chi connectivity index (χ1v) is 8.69. The molecule has 5 heteroatoms. The van der Waals surface area contributed by atoms with Crippen LogP contribution in [0.4, 0.5) is 9.18 Å². The SMILES string of the molecule is C[C@@H](c1ccc(Br)cc1)N1CC[C@](C)(c2ccc(F)cc2)OC1=O. The minimum atomic E-state index is -0.722. The molecule has 0 N–H and O–H groups in total. The predicted molar refractivity (Wildman–Crippen MR) is 94.1 cm³/mol. The van der Waals surface area contributed by atoms with Crippen molar-refractivity contribution >= 4 is 22.0 Å². The summed E-state index contributed by atoms with van der Waals surface area (Å²) in [5, 5.41) is 0.